The molecular weight excluding hydrogens is 252 g/mol. The monoisotopic (exact) mass is 276 g/mol. The van der Waals surface area contributed by atoms with E-state index < -0.39 is 0 Å². The Morgan fingerprint density at radius 2 is 2.30 bits per heavy atom. The van der Waals surface area contributed by atoms with E-state index in [0.717, 1.165) is 31.7 Å². The highest BCUT2D eigenvalue weighted by Crippen LogP contribution is 2.14. The highest BCUT2D eigenvalue weighted by Gasteiger charge is 2.15. The molecule has 0 aliphatic carbocycles. The molecule has 0 bridgehead atoms. The number of anilines is 1. The molecule has 1 aliphatic heterocycles. The second-order valence-corrected chi connectivity index (χ2v) is 5.67. The number of carbonyl (C=O) groups is 1. The van der Waals surface area contributed by atoms with Crippen LogP contribution in [0.2, 0.25) is 0 Å². The number of amides is 1. The van der Waals surface area contributed by atoms with Gasteiger partial charge in [0.25, 0.3) is 5.91 Å². The van der Waals surface area contributed by atoms with Gasteiger partial charge in [-0.15, -0.1) is 0 Å². The van der Waals surface area contributed by atoms with E-state index in [4.69, 9.17) is 4.74 Å². The first-order valence-electron chi connectivity index (χ1n) is 7.37. The summed E-state index contributed by atoms with van der Waals surface area (Å²) in [6.07, 6.45) is 2.23. The van der Waals surface area contributed by atoms with Crippen LogP contribution in [-0.2, 0) is 4.74 Å². The maximum atomic E-state index is 12.1. The van der Waals surface area contributed by atoms with Gasteiger partial charge in [0, 0.05) is 30.4 Å². The topological polar surface area (TPSA) is 50.4 Å². The summed E-state index contributed by atoms with van der Waals surface area (Å²) in [7, 11) is 0. The van der Waals surface area contributed by atoms with Gasteiger partial charge in [0.1, 0.15) is 0 Å². The summed E-state index contributed by atoms with van der Waals surface area (Å²) in [4.78, 5) is 12.1. The van der Waals surface area contributed by atoms with Crippen molar-refractivity contribution < 1.29 is 9.53 Å². The van der Waals surface area contributed by atoms with Crippen molar-refractivity contribution in [2.75, 3.05) is 25.1 Å². The van der Waals surface area contributed by atoms with Crippen molar-refractivity contribution in [3.63, 3.8) is 0 Å². The molecule has 1 heterocycles. The molecular formula is C16H24N2O2. The number of ether oxygens (including phenoxy) is 1. The summed E-state index contributed by atoms with van der Waals surface area (Å²) in [5.41, 5.74) is 1.68. The first-order valence-corrected chi connectivity index (χ1v) is 7.37. The highest BCUT2D eigenvalue weighted by atomic mass is 16.5. The molecule has 4 nitrogen and oxygen atoms in total. The van der Waals surface area contributed by atoms with Gasteiger partial charge in [-0.1, -0.05) is 6.07 Å². The van der Waals surface area contributed by atoms with Crippen LogP contribution >= 0.6 is 0 Å². The molecule has 0 aromatic heterocycles. The van der Waals surface area contributed by atoms with Crippen molar-refractivity contribution in [2.24, 2.45) is 5.92 Å². The van der Waals surface area contributed by atoms with Crippen LogP contribution < -0.4 is 10.6 Å². The van der Waals surface area contributed by atoms with Gasteiger partial charge in [-0.25, -0.2) is 0 Å². The van der Waals surface area contributed by atoms with Crippen LogP contribution in [0.25, 0.3) is 0 Å². The third-order valence-corrected chi connectivity index (χ3v) is 3.39. The van der Waals surface area contributed by atoms with Gasteiger partial charge in [0.05, 0.1) is 6.61 Å². The third kappa shape index (κ3) is 4.53. The molecule has 2 rings (SSSR count). The predicted molar refractivity (Wildman–Crippen MR) is 81.1 cm³/mol. The van der Waals surface area contributed by atoms with Gasteiger partial charge in [0.2, 0.25) is 0 Å². The summed E-state index contributed by atoms with van der Waals surface area (Å²) in [6.45, 7) is 6.47. The molecule has 20 heavy (non-hydrogen) atoms. The van der Waals surface area contributed by atoms with Gasteiger partial charge in [-0.3, -0.25) is 4.79 Å². The predicted octanol–water partition coefficient (Wildman–Crippen LogP) is 2.66. The van der Waals surface area contributed by atoms with Crippen molar-refractivity contribution in [2.45, 2.75) is 32.7 Å². The first kappa shape index (κ1) is 14.9. The SMILES string of the molecule is CC(C)Nc1cccc(C(=O)NCC2CCCOC2)c1. The van der Waals surface area contributed by atoms with E-state index in [9.17, 15) is 4.79 Å². The Kier molecular flexibility index (Phi) is 5.41. The molecule has 1 unspecified atom stereocenters. The maximum absolute atomic E-state index is 12.1. The highest BCUT2D eigenvalue weighted by molar-refractivity contribution is 5.95. The Balaban J connectivity index is 1.88. The standard InChI is InChI=1S/C16H24N2O2/c1-12(2)18-15-7-3-6-14(9-15)16(19)17-10-13-5-4-8-20-11-13/h3,6-7,9,12-13,18H,4-5,8,10-11H2,1-2H3,(H,17,19). The number of benzene rings is 1. The quantitative estimate of drug-likeness (QED) is 0.869. The molecule has 110 valence electrons. The minimum absolute atomic E-state index is 0.0111. The zero-order valence-electron chi connectivity index (χ0n) is 12.3. The Morgan fingerprint density at radius 3 is 3.00 bits per heavy atom. The molecule has 1 aromatic rings. The van der Waals surface area contributed by atoms with Crippen LogP contribution in [0.4, 0.5) is 5.69 Å². The van der Waals surface area contributed by atoms with Crippen molar-refractivity contribution in [1.82, 2.24) is 5.32 Å². The van der Waals surface area contributed by atoms with Crippen LogP contribution in [0.1, 0.15) is 37.0 Å². The largest absolute Gasteiger partial charge is 0.383 e. The van der Waals surface area contributed by atoms with Gasteiger partial charge in [-0.05, 0) is 50.8 Å². The van der Waals surface area contributed by atoms with Crippen LogP contribution in [0.15, 0.2) is 24.3 Å². The fraction of sp³-hybridized carbons (Fsp3) is 0.562. The first-order chi connectivity index (χ1) is 9.65. The normalized spacial score (nSPS) is 18.9. The lowest BCUT2D eigenvalue weighted by molar-refractivity contribution is 0.0536. The molecule has 0 saturated carbocycles. The molecule has 0 spiro atoms. The van der Waals surface area contributed by atoms with Crippen LogP contribution in [0.5, 0.6) is 0 Å². The Bertz CT molecular complexity index is 440. The fourth-order valence-electron chi connectivity index (χ4n) is 2.39. The molecule has 4 heteroatoms. The number of carbonyl (C=O) groups excluding carboxylic acids is 1. The number of nitrogens with one attached hydrogen (secondary N) is 2. The van der Waals surface area contributed by atoms with Crippen LogP contribution in [0.3, 0.4) is 0 Å². The number of rotatable bonds is 5. The Labute approximate surface area is 120 Å². The lowest BCUT2D eigenvalue weighted by Gasteiger charge is -2.22. The van der Waals surface area contributed by atoms with Gasteiger partial charge in [-0.2, -0.15) is 0 Å². The lowest BCUT2D eigenvalue weighted by Crippen LogP contribution is -2.33. The zero-order valence-corrected chi connectivity index (χ0v) is 12.3. The number of hydrogen-bond donors (Lipinski definition) is 2. The summed E-state index contributed by atoms with van der Waals surface area (Å²) < 4.78 is 5.42. The van der Waals surface area contributed by atoms with Crippen molar-refractivity contribution in [3.8, 4) is 0 Å². The third-order valence-electron chi connectivity index (χ3n) is 3.39. The zero-order chi connectivity index (χ0) is 14.4. The molecule has 0 radical (unpaired) electrons. The lowest BCUT2D eigenvalue weighted by atomic mass is 10.0. The summed E-state index contributed by atoms with van der Waals surface area (Å²) >= 11 is 0. The summed E-state index contributed by atoms with van der Waals surface area (Å²) in [5, 5.41) is 6.31. The Hall–Kier alpha value is -1.55. The molecule has 1 aliphatic rings. The van der Waals surface area contributed by atoms with E-state index in [1.54, 1.807) is 0 Å². The average Bonchev–Trinajstić information content (AvgIpc) is 2.45. The van der Waals surface area contributed by atoms with E-state index in [-0.39, 0.29) is 5.91 Å². The summed E-state index contributed by atoms with van der Waals surface area (Å²) in [5.74, 6) is 0.438. The van der Waals surface area contributed by atoms with E-state index in [2.05, 4.69) is 24.5 Å². The van der Waals surface area contributed by atoms with Gasteiger partial charge < -0.3 is 15.4 Å². The molecule has 1 amide bonds. The second-order valence-electron chi connectivity index (χ2n) is 5.67. The molecule has 1 aromatic carbocycles. The van der Waals surface area contributed by atoms with E-state index in [1.807, 2.05) is 24.3 Å². The van der Waals surface area contributed by atoms with Crippen molar-refractivity contribution >= 4 is 11.6 Å². The minimum Gasteiger partial charge on any atom is -0.383 e. The minimum atomic E-state index is -0.0111. The van der Waals surface area contributed by atoms with E-state index in [1.165, 1.54) is 0 Å². The van der Waals surface area contributed by atoms with Gasteiger partial charge >= 0.3 is 0 Å². The molecule has 1 saturated heterocycles. The van der Waals surface area contributed by atoms with Gasteiger partial charge in [0.15, 0.2) is 0 Å². The van der Waals surface area contributed by atoms with Crippen molar-refractivity contribution in [3.05, 3.63) is 29.8 Å². The average molecular weight is 276 g/mol. The van der Waals surface area contributed by atoms with Crippen LogP contribution in [0, 0.1) is 5.92 Å². The maximum Gasteiger partial charge on any atom is 0.251 e. The molecule has 1 atom stereocenters. The van der Waals surface area contributed by atoms with E-state index in [0.29, 0.717) is 24.1 Å². The second kappa shape index (κ2) is 7.29. The van der Waals surface area contributed by atoms with E-state index >= 15 is 0 Å². The van der Waals surface area contributed by atoms with Crippen LogP contribution in [-0.4, -0.2) is 31.7 Å². The molecule has 2 N–H and O–H groups in total. The smallest absolute Gasteiger partial charge is 0.251 e. The summed E-state index contributed by atoms with van der Waals surface area (Å²) in [6, 6.07) is 7.98. The molecule has 1 fully saturated rings. The Morgan fingerprint density at radius 1 is 1.45 bits per heavy atom. The fourth-order valence-corrected chi connectivity index (χ4v) is 2.39. The number of hydrogen-bond acceptors (Lipinski definition) is 3. The van der Waals surface area contributed by atoms with Crippen molar-refractivity contribution in [1.29, 1.82) is 0 Å².